The monoisotopic (exact) mass is 286 g/mol. The number of aromatic nitrogens is 2. The highest BCUT2D eigenvalue weighted by Crippen LogP contribution is 2.36. The fraction of sp³-hybridized carbons (Fsp3) is 0.0909. The Bertz CT molecular complexity index is 655. The van der Waals surface area contributed by atoms with Crippen LogP contribution in [0.3, 0.4) is 0 Å². The third-order valence-corrected chi connectivity index (χ3v) is 2.76. The molecule has 7 heteroatoms. The molecule has 0 saturated heterocycles. The van der Waals surface area contributed by atoms with Gasteiger partial charge in [0.05, 0.1) is 0 Å². The minimum atomic E-state index is -0.536. The van der Waals surface area contributed by atoms with Crippen molar-refractivity contribution in [2.45, 2.75) is 0 Å². The Morgan fingerprint density at radius 3 is 2.67 bits per heavy atom. The Morgan fingerprint density at radius 1 is 1.33 bits per heavy atom. The van der Waals surface area contributed by atoms with E-state index in [4.69, 9.17) is 27.9 Å². The molecule has 5 nitrogen and oxygen atoms in total. The number of benzene rings is 1. The van der Waals surface area contributed by atoms with Crippen LogP contribution in [-0.4, -0.2) is 14.9 Å². The number of aromatic hydroxyl groups is 1. The molecule has 1 aromatic heterocycles. The first-order valence-electron chi connectivity index (χ1n) is 4.89. The van der Waals surface area contributed by atoms with Crippen molar-refractivity contribution in [3.63, 3.8) is 0 Å². The Hall–Kier alpha value is -1.72. The normalized spacial score (nSPS) is 10.4. The molecule has 94 valence electrons. The second kappa shape index (κ2) is 4.88. The van der Waals surface area contributed by atoms with E-state index < -0.39 is 5.56 Å². The van der Waals surface area contributed by atoms with E-state index in [0.717, 1.165) is 4.68 Å². The second-order valence-electron chi connectivity index (χ2n) is 3.43. The summed E-state index contributed by atoms with van der Waals surface area (Å²) in [4.78, 5) is 11.6. The maximum atomic E-state index is 11.6. The van der Waals surface area contributed by atoms with Crippen LogP contribution in [0.2, 0.25) is 10.2 Å². The quantitative estimate of drug-likeness (QED) is 0.922. The van der Waals surface area contributed by atoms with Gasteiger partial charge in [0.1, 0.15) is 0 Å². The lowest BCUT2D eigenvalue weighted by atomic mass is 10.3. The third kappa shape index (κ3) is 2.27. The number of phenols is 1. The van der Waals surface area contributed by atoms with Crippen molar-refractivity contribution in [3.8, 4) is 17.2 Å². The van der Waals surface area contributed by atoms with Gasteiger partial charge in [0, 0.05) is 7.05 Å². The smallest absolute Gasteiger partial charge is 0.289 e. The van der Waals surface area contributed by atoms with Crippen LogP contribution in [0.4, 0.5) is 0 Å². The standard InChI is InChI=1S/C11H8Cl2N2O3/c1-15-11(17)8(12)9(10(13)14-15)18-7-5-3-2-4-6(7)16/h2-5,16H,1H3. The van der Waals surface area contributed by atoms with Gasteiger partial charge in [-0.3, -0.25) is 4.79 Å². The molecule has 2 aromatic rings. The van der Waals surface area contributed by atoms with Gasteiger partial charge in [-0.1, -0.05) is 35.3 Å². The Balaban J connectivity index is 2.51. The molecule has 2 rings (SSSR count). The molecule has 18 heavy (non-hydrogen) atoms. The van der Waals surface area contributed by atoms with Crippen LogP contribution in [0.25, 0.3) is 0 Å². The number of nitrogens with zero attached hydrogens (tertiary/aromatic N) is 2. The fourth-order valence-electron chi connectivity index (χ4n) is 1.29. The molecule has 0 radical (unpaired) electrons. The zero-order chi connectivity index (χ0) is 13.3. The summed E-state index contributed by atoms with van der Waals surface area (Å²) in [5.41, 5.74) is -0.536. The van der Waals surface area contributed by atoms with Gasteiger partial charge in [0.25, 0.3) is 5.56 Å². The highest BCUT2D eigenvalue weighted by molar-refractivity contribution is 6.36. The summed E-state index contributed by atoms with van der Waals surface area (Å²) in [5, 5.41) is 13.0. The average Bonchev–Trinajstić information content (AvgIpc) is 2.34. The van der Waals surface area contributed by atoms with E-state index in [0.29, 0.717) is 0 Å². The number of ether oxygens (including phenoxy) is 1. The van der Waals surface area contributed by atoms with Gasteiger partial charge in [-0.2, -0.15) is 5.10 Å². The van der Waals surface area contributed by atoms with Gasteiger partial charge in [-0.25, -0.2) is 4.68 Å². The van der Waals surface area contributed by atoms with Crippen molar-refractivity contribution >= 4 is 23.2 Å². The number of hydrogen-bond donors (Lipinski definition) is 1. The predicted molar refractivity (Wildman–Crippen MR) is 67.7 cm³/mol. The van der Waals surface area contributed by atoms with Gasteiger partial charge < -0.3 is 9.84 Å². The van der Waals surface area contributed by atoms with E-state index in [9.17, 15) is 9.90 Å². The molecule has 0 bridgehead atoms. The summed E-state index contributed by atoms with van der Waals surface area (Å²) in [7, 11) is 1.42. The summed E-state index contributed by atoms with van der Waals surface area (Å²) >= 11 is 11.7. The molecule has 0 spiro atoms. The van der Waals surface area contributed by atoms with E-state index in [2.05, 4.69) is 5.10 Å². The molecule has 1 heterocycles. The largest absolute Gasteiger partial charge is 0.504 e. The lowest BCUT2D eigenvalue weighted by Crippen LogP contribution is -2.20. The summed E-state index contributed by atoms with van der Waals surface area (Å²) in [6.07, 6.45) is 0. The third-order valence-electron chi connectivity index (χ3n) is 2.18. The van der Waals surface area contributed by atoms with E-state index in [-0.39, 0.29) is 27.4 Å². The van der Waals surface area contributed by atoms with Gasteiger partial charge in [0.2, 0.25) is 0 Å². The Kier molecular flexibility index (Phi) is 3.45. The molecular formula is C11H8Cl2N2O3. The molecule has 0 atom stereocenters. The maximum absolute atomic E-state index is 11.6. The number of rotatable bonds is 2. The molecule has 0 aliphatic carbocycles. The highest BCUT2D eigenvalue weighted by Gasteiger charge is 2.16. The van der Waals surface area contributed by atoms with Crippen molar-refractivity contribution in [1.82, 2.24) is 9.78 Å². The van der Waals surface area contributed by atoms with Crippen molar-refractivity contribution in [2.75, 3.05) is 0 Å². The summed E-state index contributed by atoms with van der Waals surface area (Å²) in [5.74, 6) is -0.0374. The molecule has 0 fully saturated rings. The van der Waals surface area contributed by atoms with Crippen LogP contribution in [0, 0.1) is 0 Å². The molecular weight excluding hydrogens is 279 g/mol. The number of para-hydroxylation sites is 2. The Labute approximate surface area is 112 Å². The van der Waals surface area contributed by atoms with Crippen molar-refractivity contribution in [1.29, 1.82) is 0 Å². The number of aryl methyl sites for hydroxylation is 1. The van der Waals surface area contributed by atoms with Crippen molar-refractivity contribution in [3.05, 3.63) is 44.8 Å². The lowest BCUT2D eigenvalue weighted by molar-refractivity contribution is 0.408. The SMILES string of the molecule is Cn1nc(Cl)c(Oc2ccccc2O)c(Cl)c1=O. The predicted octanol–water partition coefficient (Wildman–Crippen LogP) is 2.59. The number of hydrogen-bond acceptors (Lipinski definition) is 4. The second-order valence-corrected chi connectivity index (χ2v) is 4.17. The molecule has 0 unspecified atom stereocenters. The highest BCUT2D eigenvalue weighted by atomic mass is 35.5. The molecule has 0 aliphatic heterocycles. The average molecular weight is 287 g/mol. The fourth-order valence-corrected chi connectivity index (χ4v) is 1.84. The zero-order valence-electron chi connectivity index (χ0n) is 9.22. The molecule has 0 amide bonds. The van der Waals surface area contributed by atoms with Gasteiger partial charge in [-0.15, -0.1) is 0 Å². The first kappa shape index (κ1) is 12.7. The minimum Gasteiger partial charge on any atom is -0.504 e. The van der Waals surface area contributed by atoms with Gasteiger partial charge in [-0.05, 0) is 12.1 Å². The molecule has 0 saturated carbocycles. The van der Waals surface area contributed by atoms with E-state index in [1.54, 1.807) is 12.1 Å². The van der Waals surface area contributed by atoms with Gasteiger partial charge in [0.15, 0.2) is 27.4 Å². The van der Waals surface area contributed by atoms with E-state index in [1.807, 2.05) is 0 Å². The molecule has 0 aliphatic rings. The van der Waals surface area contributed by atoms with Gasteiger partial charge >= 0.3 is 0 Å². The van der Waals surface area contributed by atoms with Crippen LogP contribution in [0.15, 0.2) is 29.1 Å². The maximum Gasteiger partial charge on any atom is 0.289 e. The lowest BCUT2D eigenvalue weighted by Gasteiger charge is -2.10. The zero-order valence-corrected chi connectivity index (χ0v) is 10.7. The van der Waals surface area contributed by atoms with E-state index >= 15 is 0 Å². The minimum absolute atomic E-state index is 0.0645. The van der Waals surface area contributed by atoms with Crippen LogP contribution < -0.4 is 10.3 Å². The van der Waals surface area contributed by atoms with Crippen molar-refractivity contribution < 1.29 is 9.84 Å². The Morgan fingerprint density at radius 2 is 2.00 bits per heavy atom. The molecule has 1 aromatic carbocycles. The van der Waals surface area contributed by atoms with Crippen LogP contribution in [0.1, 0.15) is 0 Å². The summed E-state index contributed by atoms with van der Waals surface area (Å²) in [6, 6.07) is 6.24. The summed E-state index contributed by atoms with van der Waals surface area (Å²) < 4.78 is 6.32. The van der Waals surface area contributed by atoms with E-state index in [1.165, 1.54) is 19.2 Å². The van der Waals surface area contributed by atoms with Crippen LogP contribution in [-0.2, 0) is 7.05 Å². The number of halogens is 2. The first-order valence-corrected chi connectivity index (χ1v) is 5.64. The number of phenolic OH excluding ortho intramolecular Hbond substituents is 1. The van der Waals surface area contributed by atoms with Crippen molar-refractivity contribution in [2.24, 2.45) is 7.05 Å². The first-order chi connectivity index (χ1) is 8.50. The molecule has 1 N–H and O–H groups in total. The van der Waals surface area contributed by atoms with Crippen LogP contribution in [0.5, 0.6) is 17.2 Å². The summed E-state index contributed by atoms with van der Waals surface area (Å²) in [6.45, 7) is 0. The topological polar surface area (TPSA) is 64.3 Å². The van der Waals surface area contributed by atoms with Crippen LogP contribution >= 0.6 is 23.2 Å².